The number of nitrogens with two attached hydrogens (primary N) is 1. The molecule has 0 aliphatic carbocycles. The minimum Gasteiger partial charge on any atom is -0.409 e. The molecule has 1 saturated heterocycles. The van der Waals surface area contributed by atoms with E-state index in [9.17, 15) is 8.78 Å². The number of ether oxygens (including phenoxy) is 1. The van der Waals surface area contributed by atoms with Gasteiger partial charge in [0.15, 0.2) is 5.84 Å². The Morgan fingerprint density at radius 2 is 1.90 bits per heavy atom. The number of rotatable bonds is 3. The summed E-state index contributed by atoms with van der Waals surface area (Å²) in [6.07, 6.45) is 1.57. The van der Waals surface area contributed by atoms with E-state index in [1.807, 2.05) is 0 Å². The van der Waals surface area contributed by atoms with E-state index in [0.29, 0.717) is 13.1 Å². The van der Waals surface area contributed by atoms with Crippen LogP contribution in [0.15, 0.2) is 17.3 Å². The Labute approximate surface area is 115 Å². The van der Waals surface area contributed by atoms with Crippen LogP contribution >= 0.6 is 0 Å². The molecular formula is C13H17F2N3O2. The summed E-state index contributed by atoms with van der Waals surface area (Å²) in [6, 6.07) is 2.13. The van der Waals surface area contributed by atoms with Crippen molar-refractivity contribution in [2.45, 2.75) is 18.9 Å². The molecule has 3 N–H and O–H groups in total. The molecule has 0 aromatic heterocycles. The van der Waals surface area contributed by atoms with Gasteiger partial charge in [-0.05, 0) is 25.0 Å². The van der Waals surface area contributed by atoms with Crippen LogP contribution in [0.1, 0.15) is 18.4 Å². The molecule has 1 fully saturated rings. The Morgan fingerprint density at radius 1 is 1.35 bits per heavy atom. The highest BCUT2D eigenvalue weighted by Gasteiger charge is 2.24. The fraction of sp³-hybridized carbons (Fsp3) is 0.462. The minimum atomic E-state index is -0.720. The van der Waals surface area contributed by atoms with Crippen LogP contribution in [0.3, 0.4) is 0 Å². The lowest BCUT2D eigenvalue weighted by Crippen LogP contribution is -2.37. The van der Waals surface area contributed by atoms with Gasteiger partial charge in [0.2, 0.25) is 0 Å². The topological polar surface area (TPSA) is 71.1 Å². The molecule has 1 aromatic rings. The second kappa shape index (κ2) is 6.04. The van der Waals surface area contributed by atoms with Gasteiger partial charge < -0.3 is 20.6 Å². The molecule has 0 radical (unpaired) electrons. The van der Waals surface area contributed by atoms with Crippen molar-refractivity contribution in [3.63, 3.8) is 0 Å². The van der Waals surface area contributed by atoms with Crippen molar-refractivity contribution in [1.29, 1.82) is 0 Å². The molecule has 5 nitrogen and oxygen atoms in total. The van der Waals surface area contributed by atoms with Crippen molar-refractivity contribution in [2.75, 3.05) is 25.1 Å². The van der Waals surface area contributed by atoms with Gasteiger partial charge in [-0.3, -0.25) is 0 Å². The average molecular weight is 285 g/mol. The lowest BCUT2D eigenvalue weighted by molar-refractivity contribution is 0.0817. The van der Waals surface area contributed by atoms with Gasteiger partial charge in [-0.1, -0.05) is 5.16 Å². The molecular weight excluding hydrogens is 268 g/mol. The molecule has 110 valence electrons. The third kappa shape index (κ3) is 2.82. The van der Waals surface area contributed by atoms with E-state index >= 15 is 0 Å². The second-order valence-corrected chi connectivity index (χ2v) is 4.70. The second-order valence-electron chi connectivity index (χ2n) is 4.70. The van der Waals surface area contributed by atoms with E-state index in [2.05, 4.69) is 5.16 Å². The zero-order valence-electron chi connectivity index (χ0n) is 11.1. The Hall–Kier alpha value is -1.89. The average Bonchev–Trinajstić information content (AvgIpc) is 2.46. The Bertz CT molecular complexity index is 491. The van der Waals surface area contributed by atoms with Gasteiger partial charge >= 0.3 is 0 Å². The quantitative estimate of drug-likeness (QED) is 0.383. The summed E-state index contributed by atoms with van der Waals surface area (Å²) in [4.78, 5) is 1.65. The number of halogens is 2. The number of nitrogens with zero attached hydrogens (tertiary/aromatic N) is 2. The third-order valence-electron chi connectivity index (χ3n) is 3.51. The van der Waals surface area contributed by atoms with E-state index in [1.165, 1.54) is 0 Å². The van der Waals surface area contributed by atoms with Crippen LogP contribution < -0.4 is 10.6 Å². The molecule has 1 aromatic carbocycles. The SMILES string of the molecule is COC1CCN(c2c(F)cc(C(N)=NO)cc2F)CC1. The molecule has 0 bridgehead atoms. The number of oxime groups is 1. The Kier molecular flexibility index (Phi) is 4.39. The summed E-state index contributed by atoms with van der Waals surface area (Å²) in [5.41, 5.74) is 5.27. The number of hydrogen-bond acceptors (Lipinski definition) is 4. The van der Waals surface area contributed by atoms with Crippen molar-refractivity contribution in [2.24, 2.45) is 10.9 Å². The highest BCUT2D eigenvalue weighted by atomic mass is 19.1. The molecule has 0 unspecified atom stereocenters. The Balaban J connectivity index is 2.25. The van der Waals surface area contributed by atoms with Gasteiger partial charge in [-0.25, -0.2) is 8.78 Å². The maximum atomic E-state index is 14.1. The van der Waals surface area contributed by atoms with Gasteiger partial charge in [-0.15, -0.1) is 0 Å². The smallest absolute Gasteiger partial charge is 0.170 e. The molecule has 20 heavy (non-hydrogen) atoms. The lowest BCUT2D eigenvalue weighted by Gasteiger charge is -2.33. The first-order valence-corrected chi connectivity index (χ1v) is 6.31. The molecule has 0 spiro atoms. The molecule has 0 amide bonds. The van der Waals surface area contributed by atoms with Crippen LogP contribution in [-0.2, 0) is 4.74 Å². The Morgan fingerprint density at radius 3 is 2.35 bits per heavy atom. The van der Waals surface area contributed by atoms with Crippen molar-refractivity contribution >= 4 is 11.5 Å². The molecule has 0 saturated carbocycles. The van der Waals surface area contributed by atoms with Crippen LogP contribution in [0.2, 0.25) is 0 Å². The van der Waals surface area contributed by atoms with Gasteiger partial charge in [-0.2, -0.15) is 0 Å². The molecule has 1 heterocycles. The number of benzene rings is 1. The molecule has 7 heteroatoms. The summed E-state index contributed by atoms with van der Waals surface area (Å²) in [7, 11) is 1.63. The number of hydrogen-bond donors (Lipinski definition) is 2. The summed E-state index contributed by atoms with van der Waals surface area (Å²) in [6.45, 7) is 1.05. The predicted octanol–water partition coefficient (Wildman–Crippen LogP) is 1.67. The van der Waals surface area contributed by atoms with Gasteiger partial charge in [0.25, 0.3) is 0 Å². The van der Waals surface area contributed by atoms with Crippen molar-refractivity contribution < 1.29 is 18.7 Å². The van der Waals surface area contributed by atoms with E-state index in [-0.39, 0.29) is 23.2 Å². The third-order valence-corrected chi connectivity index (χ3v) is 3.51. The maximum Gasteiger partial charge on any atom is 0.170 e. The highest BCUT2D eigenvalue weighted by Crippen LogP contribution is 2.28. The monoisotopic (exact) mass is 285 g/mol. The van der Waals surface area contributed by atoms with E-state index in [1.54, 1.807) is 12.0 Å². The summed E-state index contributed by atoms with van der Waals surface area (Å²) in [5.74, 6) is -1.77. The van der Waals surface area contributed by atoms with Gasteiger partial charge in [0, 0.05) is 25.8 Å². The van der Waals surface area contributed by atoms with Crippen molar-refractivity contribution in [1.82, 2.24) is 0 Å². The lowest BCUT2D eigenvalue weighted by atomic mass is 10.1. The molecule has 2 rings (SSSR count). The van der Waals surface area contributed by atoms with Crippen LogP contribution in [0.5, 0.6) is 0 Å². The number of piperidine rings is 1. The summed E-state index contributed by atoms with van der Waals surface area (Å²) in [5, 5.41) is 11.3. The first-order chi connectivity index (χ1) is 9.56. The zero-order valence-corrected chi connectivity index (χ0v) is 11.1. The fourth-order valence-electron chi connectivity index (χ4n) is 2.39. The molecule has 1 aliphatic rings. The number of anilines is 1. The van der Waals surface area contributed by atoms with Crippen LogP contribution in [0.4, 0.5) is 14.5 Å². The van der Waals surface area contributed by atoms with Crippen molar-refractivity contribution in [3.05, 3.63) is 29.3 Å². The van der Waals surface area contributed by atoms with Crippen LogP contribution in [-0.4, -0.2) is 37.3 Å². The van der Waals surface area contributed by atoms with E-state index in [0.717, 1.165) is 25.0 Å². The first-order valence-electron chi connectivity index (χ1n) is 6.31. The molecule has 1 aliphatic heterocycles. The van der Waals surface area contributed by atoms with Gasteiger partial charge in [0.1, 0.15) is 17.3 Å². The van der Waals surface area contributed by atoms with E-state index < -0.39 is 11.6 Å². The van der Waals surface area contributed by atoms with E-state index in [4.69, 9.17) is 15.7 Å². The first kappa shape index (κ1) is 14.5. The van der Waals surface area contributed by atoms with Crippen LogP contribution in [0.25, 0.3) is 0 Å². The molecule has 0 atom stereocenters. The van der Waals surface area contributed by atoms with Crippen molar-refractivity contribution in [3.8, 4) is 0 Å². The number of methoxy groups -OCH3 is 1. The fourth-order valence-corrected chi connectivity index (χ4v) is 2.39. The predicted molar refractivity (Wildman–Crippen MR) is 71.1 cm³/mol. The largest absolute Gasteiger partial charge is 0.409 e. The minimum absolute atomic E-state index is 0.0121. The maximum absolute atomic E-state index is 14.1. The summed E-state index contributed by atoms with van der Waals surface area (Å²) < 4.78 is 33.4. The standard InChI is InChI=1S/C13H17F2N3O2/c1-20-9-2-4-18(5-3-9)12-10(14)6-8(7-11(12)15)13(16)17-19/h6-7,9,19H,2-5H2,1H3,(H2,16,17). The van der Waals surface area contributed by atoms with Crippen LogP contribution in [0, 0.1) is 11.6 Å². The normalized spacial score (nSPS) is 17.6. The van der Waals surface area contributed by atoms with Gasteiger partial charge in [0.05, 0.1) is 6.10 Å². The highest BCUT2D eigenvalue weighted by molar-refractivity contribution is 5.97. The zero-order chi connectivity index (χ0) is 14.7. The number of amidine groups is 1. The summed E-state index contributed by atoms with van der Waals surface area (Å²) >= 11 is 0.